The molecule has 0 spiro atoms. The van der Waals surface area contributed by atoms with Crippen molar-refractivity contribution < 1.29 is 52.8 Å². The third-order valence-electron chi connectivity index (χ3n) is 10.1. The first-order valence-electron chi connectivity index (χ1n) is 21.9. The lowest BCUT2D eigenvalue weighted by atomic mass is 9.94. The van der Waals surface area contributed by atoms with E-state index in [9.17, 15) is 33.9 Å². The molecule has 0 radical (unpaired) electrons. The van der Waals surface area contributed by atoms with Gasteiger partial charge in [0.05, 0.1) is 51.8 Å². The topological polar surface area (TPSA) is 212 Å². The molecule has 63 heavy (non-hydrogen) atoms. The zero-order valence-corrected chi connectivity index (χ0v) is 36.4. The molecule has 16 nitrogen and oxygen atoms in total. The van der Waals surface area contributed by atoms with Gasteiger partial charge in [0.2, 0.25) is 17.7 Å². The summed E-state index contributed by atoms with van der Waals surface area (Å²) in [5.74, 6) is -0.830. The van der Waals surface area contributed by atoms with Crippen molar-refractivity contribution in [1.82, 2.24) is 15.2 Å². The predicted molar refractivity (Wildman–Crippen MR) is 236 cm³/mol. The van der Waals surface area contributed by atoms with Gasteiger partial charge in [0.15, 0.2) is 0 Å². The molecule has 1 atom stereocenters. The van der Waals surface area contributed by atoms with Gasteiger partial charge in [-0.3, -0.25) is 28.8 Å². The Balaban J connectivity index is 0.986. The number of pyridine rings is 1. The van der Waals surface area contributed by atoms with Crippen molar-refractivity contribution in [1.29, 1.82) is 0 Å². The van der Waals surface area contributed by atoms with Gasteiger partial charge in [0, 0.05) is 70.5 Å². The number of hydrogen-bond acceptors (Lipinski definition) is 12. The average molecular weight is 874 g/mol. The smallest absolute Gasteiger partial charge is 0.304 e. The van der Waals surface area contributed by atoms with Gasteiger partial charge in [-0.1, -0.05) is 24.3 Å². The molecule has 4 N–H and O–H groups in total. The first-order valence-corrected chi connectivity index (χ1v) is 21.9. The van der Waals surface area contributed by atoms with Crippen LogP contribution in [0, 0.1) is 5.92 Å². The zero-order chi connectivity index (χ0) is 45.1. The number of hydrogen-bond donors (Lipinski definition) is 4. The third-order valence-corrected chi connectivity index (χ3v) is 10.1. The first kappa shape index (κ1) is 49.9. The SMILES string of the molecule is CC(=O)CC(=O)CCc1ccc(NC(=O)CCCC(=O)NCCCOCCOCCOCCCN2Cc3cc(OCCCNc4ccccn4)ccc3CC(CC(=O)O)C2=O)cc1. The van der Waals surface area contributed by atoms with E-state index in [-0.39, 0.29) is 55.0 Å². The van der Waals surface area contributed by atoms with E-state index in [4.69, 9.17) is 18.9 Å². The van der Waals surface area contributed by atoms with E-state index in [0.717, 1.165) is 28.9 Å². The maximum absolute atomic E-state index is 13.4. The molecule has 0 saturated heterocycles. The van der Waals surface area contributed by atoms with Crippen molar-refractivity contribution in [3.8, 4) is 5.75 Å². The lowest BCUT2D eigenvalue weighted by Gasteiger charge is -2.24. The Morgan fingerprint density at radius 1 is 0.778 bits per heavy atom. The van der Waals surface area contributed by atoms with Gasteiger partial charge >= 0.3 is 5.97 Å². The van der Waals surface area contributed by atoms with Crippen LogP contribution in [0.1, 0.15) is 81.4 Å². The summed E-state index contributed by atoms with van der Waals surface area (Å²) in [6.45, 7) is 6.32. The fourth-order valence-electron chi connectivity index (χ4n) is 6.87. The molecule has 3 amide bonds. The summed E-state index contributed by atoms with van der Waals surface area (Å²) in [5, 5.41) is 18.4. The monoisotopic (exact) mass is 873 g/mol. The van der Waals surface area contributed by atoms with Crippen LogP contribution in [0.4, 0.5) is 11.5 Å². The third kappa shape index (κ3) is 20.8. The number of carbonyl (C=O) groups is 6. The lowest BCUT2D eigenvalue weighted by molar-refractivity contribution is -0.144. The Morgan fingerprint density at radius 2 is 1.49 bits per heavy atom. The van der Waals surface area contributed by atoms with Gasteiger partial charge in [-0.25, -0.2) is 4.98 Å². The summed E-state index contributed by atoms with van der Waals surface area (Å²) in [6.07, 6.45) is 5.52. The van der Waals surface area contributed by atoms with Crippen LogP contribution < -0.4 is 20.7 Å². The highest BCUT2D eigenvalue weighted by Crippen LogP contribution is 2.28. The largest absolute Gasteiger partial charge is 0.494 e. The number of ether oxygens (including phenoxy) is 4. The lowest BCUT2D eigenvalue weighted by Crippen LogP contribution is -2.36. The quantitative estimate of drug-likeness (QED) is 0.0472. The van der Waals surface area contributed by atoms with Crippen LogP contribution in [-0.4, -0.2) is 116 Å². The predicted octanol–water partition coefficient (Wildman–Crippen LogP) is 5.17. The molecule has 2 aromatic carbocycles. The van der Waals surface area contributed by atoms with E-state index < -0.39 is 11.9 Å². The zero-order valence-electron chi connectivity index (χ0n) is 36.4. The fraction of sp³-hybridized carbons (Fsp3) is 0.511. The Morgan fingerprint density at radius 3 is 2.21 bits per heavy atom. The number of ketones is 2. The number of aryl methyl sites for hydroxylation is 1. The summed E-state index contributed by atoms with van der Waals surface area (Å²) in [4.78, 5) is 78.3. The van der Waals surface area contributed by atoms with Crippen molar-refractivity contribution in [3.63, 3.8) is 0 Å². The second-order valence-electron chi connectivity index (χ2n) is 15.4. The molecule has 342 valence electrons. The van der Waals surface area contributed by atoms with Gasteiger partial charge < -0.3 is 44.9 Å². The molecule has 1 aliphatic heterocycles. The summed E-state index contributed by atoms with van der Waals surface area (Å²) in [7, 11) is 0. The highest BCUT2D eigenvalue weighted by Gasteiger charge is 2.31. The molecule has 0 saturated carbocycles. The van der Waals surface area contributed by atoms with E-state index in [1.807, 2.05) is 48.5 Å². The highest BCUT2D eigenvalue weighted by molar-refractivity contribution is 5.98. The fourth-order valence-corrected chi connectivity index (χ4v) is 6.87. The van der Waals surface area contributed by atoms with Crippen molar-refractivity contribution in [2.24, 2.45) is 5.92 Å². The summed E-state index contributed by atoms with van der Waals surface area (Å²) >= 11 is 0. The summed E-state index contributed by atoms with van der Waals surface area (Å²) < 4.78 is 22.9. The number of Topliss-reactive ketones (excluding diaryl/α,β-unsaturated/α-hetero) is 2. The van der Waals surface area contributed by atoms with E-state index >= 15 is 0 Å². The maximum atomic E-state index is 13.4. The number of aliphatic carboxylic acids is 1. The Bertz CT molecular complexity index is 1890. The molecule has 3 aromatic rings. The number of aromatic nitrogens is 1. The number of anilines is 2. The number of fused-ring (bicyclic) bond motifs is 1. The molecule has 0 bridgehead atoms. The number of benzene rings is 2. The average Bonchev–Trinajstić information content (AvgIpc) is 3.38. The summed E-state index contributed by atoms with van der Waals surface area (Å²) in [6, 6.07) is 18.7. The molecular formula is C47H63N5O11. The number of carboxylic acids is 1. The van der Waals surface area contributed by atoms with Crippen molar-refractivity contribution >= 4 is 46.8 Å². The van der Waals surface area contributed by atoms with Gasteiger partial charge in [0.1, 0.15) is 23.1 Å². The van der Waals surface area contributed by atoms with Crippen molar-refractivity contribution in [2.75, 3.05) is 76.5 Å². The Hall–Kier alpha value is -5.71. The number of nitrogens with one attached hydrogen (secondary N) is 3. The van der Waals surface area contributed by atoms with Crippen molar-refractivity contribution in [2.45, 2.75) is 84.1 Å². The molecule has 1 unspecified atom stereocenters. The minimum Gasteiger partial charge on any atom is -0.494 e. The minimum atomic E-state index is -1.00. The second kappa shape index (κ2) is 28.8. The first-order chi connectivity index (χ1) is 30.5. The number of nitrogens with zero attached hydrogens (tertiary/aromatic N) is 2. The Kier molecular flexibility index (Phi) is 22.8. The Labute approximate surface area is 369 Å². The van der Waals surface area contributed by atoms with Gasteiger partial charge in [-0.15, -0.1) is 0 Å². The summed E-state index contributed by atoms with van der Waals surface area (Å²) in [5.41, 5.74) is 3.49. The van der Waals surface area contributed by atoms with E-state index in [2.05, 4.69) is 20.9 Å². The molecule has 1 aromatic heterocycles. The van der Waals surface area contributed by atoms with Crippen LogP contribution in [-0.2, 0) is 62.4 Å². The van der Waals surface area contributed by atoms with Crippen molar-refractivity contribution in [3.05, 3.63) is 83.6 Å². The van der Waals surface area contributed by atoms with Gasteiger partial charge in [-0.05, 0) is 98.5 Å². The number of amides is 3. The molecule has 0 aliphatic carbocycles. The van der Waals surface area contributed by atoms with E-state index in [1.165, 1.54) is 6.92 Å². The van der Waals surface area contributed by atoms with Crippen LogP contribution in [0.3, 0.4) is 0 Å². The van der Waals surface area contributed by atoms with Crippen LogP contribution in [0.2, 0.25) is 0 Å². The van der Waals surface area contributed by atoms with Gasteiger partial charge in [-0.2, -0.15) is 0 Å². The molecule has 0 fully saturated rings. The maximum Gasteiger partial charge on any atom is 0.304 e. The van der Waals surface area contributed by atoms with Crippen LogP contribution in [0.15, 0.2) is 66.9 Å². The molecular weight excluding hydrogens is 811 g/mol. The van der Waals surface area contributed by atoms with Crippen LogP contribution >= 0.6 is 0 Å². The standard InChI is InChI=1S/C47H63N5O11/c1-35(53)30-41(54)17-13-36-11-15-40(16-12-36)51-45(56)10-4-9-44(55)50-21-5-23-60-26-28-62-29-27-61-24-7-22-52-34-39-32-42(63-25-6-20-49-43-8-2-3-19-48-43)18-14-37(39)31-38(47(52)59)33-46(57)58/h2-3,8,11-12,14-16,18-19,32,38H,4-7,9-10,13,17,20-31,33-34H2,1H3,(H,48,49)(H,50,55)(H,51,56)(H,57,58). The molecule has 1 aliphatic rings. The minimum absolute atomic E-state index is 0.0423. The number of rotatable bonds is 32. The molecule has 16 heteroatoms. The van der Waals surface area contributed by atoms with E-state index in [0.29, 0.717) is 122 Å². The highest BCUT2D eigenvalue weighted by atomic mass is 16.5. The number of carbonyl (C=O) groups excluding carboxylic acids is 5. The van der Waals surface area contributed by atoms with Crippen LogP contribution in [0.25, 0.3) is 0 Å². The van der Waals surface area contributed by atoms with Crippen LogP contribution in [0.5, 0.6) is 5.75 Å². The van der Waals surface area contributed by atoms with E-state index in [1.54, 1.807) is 23.2 Å². The number of carboxylic acid groups (broad SMARTS) is 1. The second-order valence-corrected chi connectivity index (χ2v) is 15.4. The molecule has 4 rings (SSSR count). The van der Waals surface area contributed by atoms with Gasteiger partial charge in [0.25, 0.3) is 0 Å². The molecule has 2 heterocycles. The normalized spacial score (nSPS) is 13.4.